The number of hydrogen-bond acceptors (Lipinski definition) is 7. The van der Waals surface area contributed by atoms with Gasteiger partial charge in [0.25, 0.3) is 11.6 Å². The van der Waals surface area contributed by atoms with Crippen molar-refractivity contribution in [1.29, 1.82) is 0 Å². The van der Waals surface area contributed by atoms with Crippen molar-refractivity contribution < 1.29 is 24.0 Å². The third-order valence-electron chi connectivity index (χ3n) is 4.71. The minimum atomic E-state index is -0.717. The number of ether oxygens (including phenoxy) is 1. The summed E-state index contributed by atoms with van der Waals surface area (Å²) in [5, 5.41) is 16.2. The standard InChI is InChI=1S/C19H26N4O6/c1-3-20-18(25)13(2)21-17(24)12-29-19(26)14-8-10-22(11-9-14)15-6-4-5-7-16(15)23(27)28/h4-7,13-14H,3,8-12H2,1-2H3,(H,20,25)(H,21,24)/t13-/m1/s1. The van der Waals surface area contributed by atoms with Crippen molar-refractivity contribution in [2.45, 2.75) is 32.7 Å². The highest BCUT2D eigenvalue weighted by Crippen LogP contribution is 2.31. The van der Waals surface area contributed by atoms with Crippen molar-refractivity contribution in [1.82, 2.24) is 10.6 Å². The summed E-state index contributed by atoms with van der Waals surface area (Å²) in [4.78, 5) is 48.3. The lowest BCUT2D eigenvalue weighted by molar-refractivity contribution is -0.384. The number of rotatable bonds is 8. The van der Waals surface area contributed by atoms with E-state index in [1.165, 1.54) is 6.07 Å². The summed E-state index contributed by atoms with van der Waals surface area (Å²) in [6.07, 6.45) is 0.948. The molecule has 0 unspecified atom stereocenters. The molecular formula is C19H26N4O6. The molecule has 1 fully saturated rings. The minimum absolute atomic E-state index is 0.0337. The van der Waals surface area contributed by atoms with Crippen LogP contribution in [0, 0.1) is 16.0 Å². The molecular weight excluding hydrogens is 380 g/mol. The lowest BCUT2D eigenvalue weighted by atomic mass is 9.96. The fourth-order valence-corrected chi connectivity index (χ4v) is 3.17. The maximum Gasteiger partial charge on any atom is 0.309 e. The Morgan fingerprint density at radius 3 is 2.55 bits per heavy atom. The van der Waals surface area contributed by atoms with Crippen LogP contribution < -0.4 is 15.5 Å². The van der Waals surface area contributed by atoms with E-state index in [1.807, 2.05) is 4.90 Å². The average molecular weight is 406 g/mol. The molecule has 0 bridgehead atoms. The fraction of sp³-hybridized carbons (Fsp3) is 0.526. The molecule has 1 aromatic rings. The molecule has 158 valence electrons. The zero-order valence-corrected chi connectivity index (χ0v) is 16.6. The zero-order chi connectivity index (χ0) is 21.4. The molecule has 1 saturated heterocycles. The summed E-state index contributed by atoms with van der Waals surface area (Å²) in [6.45, 7) is 4.28. The number of amides is 2. The Bertz CT molecular complexity index is 761. The monoisotopic (exact) mass is 406 g/mol. The number of anilines is 1. The molecule has 2 amide bonds. The third kappa shape index (κ3) is 6.16. The highest BCUT2D eigenvalue weighted by Gasteiger charge is 2.29. The topological polar surface area (TPSA) is 131 Å². The molecule has 0 spiro atoms. The number of piperidine rings is 1. The second-order valence-corrected chi connectivity index (χ2v) is 6.80. The molecule has 0 saturated carbocycles. The van der Waals surface area contributed by atoms with Gasteiger partial charge in [-0.3, -0.25) is 24.5 Å². The Labute approximate surface area is 168 Å². The highest BCUT2D eigenvalue weighted by molar-refractivity contribution is 5.88. The second kappa shape index (κ2) is 10.4. The van der Waals surface area contributed by atoms with Crippen LogP contribution in [0.2, 0.25) is 0 Å². The van der Waals surface area contributed by atoms with E-state index < -0.39 is 29.4 Å². The normalized spacial score (nSPS) is 15.3. The number of carbonyl (C=O) groups is 3. The van der Waals surface area contributed by atoms with E-state index in [-0.39, 0.29) is 17.5 Å². The Morgan fingerprint density at radius 1 is 1.28 bits per heavy atom. The molecule has 2 N–H and O–H groups in total. The van der Waals surface area contributed by atoms with Crippen LogP contribution in [-0.4, -0.2) is 55.0 Å². The summed E-state index contributed by atoms with van der Waals surface area (Å²) >= 11 is 0. The SMILES string of the molecule is CCNC(=O)[C@@H](C)NC(=O)COC(=O)C1CCN(c2ccccc2[N+](=O)[O-])CC1. The Hall–Kier alpha value is -3.17. The van der Waals surface area contributed by atoms with Crippen LogP contribution >= 0.6 is 0 Å². The van der Waals surface area contributed by atoms with Gasteiger partial charge >= 0.3 is 5.97 Å². The van der Waals surface area contributed by atoms with Crippen LogP contribution in [0.3, 0.4) is 0 Å². The molecule has 10 heteroatoms. The van der Waals surface area contributed by atoms with E-state index in [1.54, 1.807) is 32.0 Å². The first-order valence-corrected chi connectivity index (χ1v) is 9.55. The van der Waals surface area contributed by atoms with E-state index >= 15 is 0 Å². The van der Waals surface area contributed by atoms with Crippen molar-refractivity contribution in [3.8, 4) is 0 Å². The van der Waals surface area contributed by atoms with Crippen molar-refractivity contribution >= 4 is 29.2 Å². The van der Waals surface area contributed by atoms with Gasteiger partial charge in [-0.1, -0.05) is 12.1 Å². The van der Waals surface area contributed by atoms with Gasteiger partial charge in [0.05, 0.1) is 10.8 Å². The molecule has 0 radical (unpaired) electrons. The molecule has 2 rings (SSSR count). The number of likely N-dealkylation sites (N-methyl/N-ethyl adjacent to an activating group) is 1. The first-order chi connectivity index (χ1) is 13.8. The Kier molecular flexibility index (Phi) is 7.93. The van der Waals surface area contributed by atoms with Crippen molar-refractivity contribution in [2.75, 3.05) is 31.1 Å². The number of nitrogens with one attached hydrogen (secondary N) is 2. The maximum absolute atomic E-state index is 12.2. The number of hydrogen-bond donors (Lipinski definition) is 2. The molecule has 1 aliphatic heterocycles. The molecule has 10 nitrogen and oxygen atoms in total. The smallest absolute Gasteiger partial charge is 0.309 e. The molecule has 0 aliphatic carbocycles. The van der Waals surface area contributed by atoms with Crippen LogP contribution in [0.15, 0.2) is 24.3 Å². The van der Waals surface area contributed by atoms with Gasteiger partial charge in [0, 0.05) is 25.7 Å². The summed E-state index contributed by atoms with van der Waals surface area (Å²) in [6, 6.07) is 5.78. The number of esters is 1. The summed E-state index contributed by atoms with van der Waals surface area (Å²) in [7, 11) is 0. The number of nitro groups is 1. The van der Waals surface area contributed by atoms with Crippen LogP contribution in [0.25, 0.3) is 0 Å². The zero-order valence-electron chi connectivity index (χ0n) is 16.6. The first-order valence-electron chi connectivity index (χ1n) is 9.55. The van der Waals surface area contributed by atoms with Gasteiger partial charge < -0.3 is 20.3 Å². The van der Waals surface area contributed by atoms with Gasteiger partial charge in [-0.2, -0.15) is 0 Å². The van der Waals surface area contributed by atoms with Gasteiger partial charge in [0.1, 0.15) is 11.7 Å². The van der Waals surface area contributed by atoms with Gasteiger partial charge in [-0.05, 0) is 32.8 Å². The number of nitrogens with zero attached hydrogens (tertiary/aromatic N) is 2. The van der Waals surface area contributed by atoms with Gasteiger partial charge in [-0.15, -0.1) is 0 Å². The maximum atomic E-state index is 12.2. The predicted octanol–water partition coefficient (Wildman–Crippen LogP) is 0.995. The molecule has 1 aliphatic rings. The number of para-hydroxylation sites is 2. The average Bonchev–Trinajstić information content (AvgIpc) is 2.72. The number of carbonyl (C=O) groups excluding carboxylic acids is 3. The van der Waals surface area contributed by atoms with E-state index in [0.717, 1.165) is 0 Å². The van der Waals surface area contributed by atoms with Crippen LogP contribution in [-0.2, 0) is 19.1 Å². The van der Waals surface area contributed by atoms with Crippen molar-refractivity contribution in [3.05, 3.63) is 34.4 Å². The molecule has 0 aromatic heterocycles. The minimum Gasteiger partial charge on any atom is -0.455 e. The van der Waals surface area contributed by atoms with Crippen LogP contribution in [0.4, 0.5) is 11.4 Å². The van der Waals surface area contributed by atoms with E-state index in [0.29, 0.717) is 38.2 Å². The van der Waals surface area contributed by atoms with Gasteiger partial charge in [0.2, 0.25) is 5.91 Å². The van der Waals surface area contributed by atoms with Crippen molar-refractivity contribution in [2.24, 2.45) is 5.92 Å². The van der Waals surface area contributed by atoms with E-state index in [9.17, 15) is 24.5 Å². The lowest BCUT2D eigenvalue weighted by Gasteiger charge is -2.32. The lowest BCUT2D eigenvalue weighted by Crippen LogP contribution is -2.46. The van der Waals surface area contributed by atoms with Gasteiger partial charge in [0.15, 0.2) is 6.61 Å². The highest BCUT2D eigenvalue weighted by atomic mass is 16.6. The summed E-state index contributed by atoms with van der Waals surface area (Å²) in [5.41, 5.74) is 0.564. The van der Waals surface area contributed by atoms with Crippen LogP contribution in [0.1, 0.15) is 26.7 Å². The van der Waals surface area contributed by atoms with E-state index in [2.05, 4.69) is 10.6 Å². The summed E-state index contributed by atoms with van der Waals surface area (Å²) < 4.78 is 5.08. The largest absolute Gasteiger partial charge is 0.455 e. The van der Waals surface area contributed by atoms with Gasteiger partial charge in [-0.25, -0.2) is 0 Å². The Balaban J connectivity index is 1.80. The molecule has 29 heavy (non-hydrogen) atoms. The third-order valence-corrected chi connectivity index (χ3v) is 4.71. The Morgan fingerprint density at radius 2 is 1.93 bits per heavy atom. The second-order valence-electron chi connectivity index (χ2n) is 6.80. The first kappa shape index (κ1) is 22.1. The van der Waals surface area contributed by atoms with E-state index in [4.69, 9.17) is 4.74 Å². The molecule has 1 heterocycles. The quantitative estimate of drug-likeness (QED) is 0.374. The number of nitro benzene ring substituents is 1. The number of benzene rings is 1. The predicted molar refractivity (Wildman–Crippen MR) is 105 cm³/mol. The molecule has 1 aromatic carbocycles. The van der Waals surface area contributed by atoms with Crippen LogP contribution in [0.5, 0.6) is 0 Å². The molecule has 1 atom stereocenters. The fourth-order valence-electron chi connectivity index (χ4n) is 3.17. The van der Waals surface area contributed by atoms with Crippen molar-refractivity contribution in [3.63, 3.8) is 0 Å². The summed E-state index contributed by atoms with van der Waals surface area (Å²) in [5.74, 6) is -1.71.